The zero-order valence-corrected chi connectivity index (χ0v) is 15.5. The fourth-order valence-electron chi connectivity index (χ4n) is 4.73. The minimum Gasteiger partial charge on any atom is -0.260 e. The molecule has 1 aromatic carbocycles. The van der Waals surface area contributed by atoms with Gasteiger partial charge in [0.2, 0.25) is 0 Å². The SMILES string of the molecule is CCCCCCCC=Nc1c2c(nc3ccccc13)C1CCC2CC1. The maximum absolute atomic E-state index is 5.06. The summed E-state index contributed by atoms with van der Waals surface area (Å²) in [7, 11) is 0. The molecule has 1 saturated carbocycles. The zero-order valence-electron chi connectivity index (χ0n) is 15.5. The maximum Gasteiger partial charge on any atom is 0.0772 e. The van der Waals surface area contributed by atoms with Crippen LogP contribution in [-0.4, -0.2) is 11.2 Å². The summed E-state index contributed by atoms with van der Waals surface area (Å²) in [5.41, 5.74) is 5.23. The second-order valence-corrected chi connectivity index (χ2v) is 7.84. The van der Waals surface area contributed by atoms with E-state index in [2.05, 4.69) is 37.4 Å². The molecule has 0 aliphatic heterocycles. The number of nitrogens with zero attached hydrogens (tertiary/aromatic N) is 2. The number of unbranched alkanes of at least 4 members (excludes halogenated alkanes) is 5. The Hall–Kier alpha value is -1.70. The first-order chi connectivity index (χ1) is 12.4. The Labute approximate surface area is 151 Å². The molecule has 0 unspecified atom stereocenters. The summed E-state index contributed by atoms with van der Waals surface area (Å²) >= 11 is 0. The number of para-hydroxylation sites is 1. The number of rotatable bonds is 7. The Bertz CT molecular complexity index is 754. The largest absolute Gasteiger partial charge is 0.260 e. The predicted octanol–water partition coefficient (Wildman–Crippen LogP) is 7.05. The van der Waals surface area contributed by atoms with E-state index < -0.39 is 0 Å². The van der Waals surface area contributed by atoms with Gasteiger partial charge in [-0.05, 0) is 50.5 Å². The molecule has 132 valence electrons. The number of pyridine rings is 1. The monoisotopic (exact) mass is 334 g/mol. The molecule has 2 nitrogen and oxygen atoms in total. The third-order valence-electron chi connectivity index (χ3n) is 6.11. The Morgan fingerprint density at radius 3 is 2.60 bits per heavy atom. The van der Waals surface area contributed by atoms with Crippen LogP contribution in [0.4, 0.5) is 5.69 Å². The molecule has 1 heterocycles. The summed E-state index contributed by atoms with van der Waals surface area (Å²) in [6.07, 6.45) is 15.2. The Morgan fingerprint density at radius 2 is 1.76 bits per heavy atom. The van der Waals surface area contributed by atoms with Crippen LogP contribution in [-0.2, 0) is 0 Å². The summed E-state index contributed by atoms with van der Waals surface area (Å²) in [4.78, 5) is 10.1. The van der Waals surface area contributed by atoms with Crippen LogP contribution in [0.1, 0.15) is 94.2 Å². The minimum atomic E-state index is 0.674. The van der Waals surface area contributed by atoms with E-state index in [-0.39, 0.29) is 0 Å². The van der Waals surface area contributed by atoms with Gasteiger partial charge in [0, 0.05) is 28.8 Å². The van der Waals surface area contributed by atoms with Crippen molar-refractivity contribution in [2.45, 2.75) is 83.0 Å². The van der Waals surface area contributed by atoms with Crippen LogP contribution < -0.4 is 0 Å². The van der Waals surface area contributed by atoms with Gasteiger partial charge in [0.25, 0.3) is 0 Å². The van der Waals surface area contributed by atoms with Gasteiger partial charge >= 0.3 is 0 Å². The van der Waals surface area contributed by atoms with Crippen molar-refractivity contribution in [2.75, 3.05) is 0 Å². The lowest BCUT2D eigenvalue weighted by atomic mass is 9.68. The molecule has 25 heavy (non-hydrogen) atoms. The van der Waals surface area contributed by atoms with Crippen molar-refractivity contribution in [2.24, 2.45) is 4.99 Å². The van der Waals surface area contributed by atoms with Gasteiger partial charge < -0.3 is 0 Å². The molecule has 1 aromatic heterocycles. The van der Waals surface area contributed by atoms with E-state index in [1.165, 1.54) is 80.1 Å². The van der Waals surface area contributed by atoms with Crippen molar-refractivity contribution in [1.82, 2.24) is 4.98 Å². The van der Waals surface area contributed by atoms with E-state index in [4.69, 9.17) is 9.98 Å². The molecule has 0 N–H and O–H groups in total. The Kier molecular flexibility index (Phi) is 5.14. The highest BCUT2D eigenvalue weighted by Crippen LogP contribution is 2.53. The van der Waals surface area contributed by atoms with Crippen LogP contribution >= 0.6 is 0 Å². The molecule has 0 saturated heterocycles. The predicted molar refractivity (Wildman–Crippen MR) is 107 cm³/mol. The number of aliphatic imine (C=N–C) groups is 1. The topological polar surface area (TPSA) is 25.2 Å². The van der Waals surface area contributed by atoms with Gasteiger partial charge in [0.1, 0.15) is 0 Å². The summed E-state index contributed by atoms with van der Waals surface area (Å²) in [5.74, 6) is 1.36. The zero-order chi connectivity index (χ0) is 17.1. The maximum atomic E-state index is 5.06. The van der Waals surface area contributed by atoms with Crippen molar-refractivity contribution < 1.29 is 0 Å². The van der Waals surface area contributed by atoms with Gasteiger partial charge in [-0.15, -0.1) is 0 Å². The van der Waals surface area contributed by atoms with Gasteiger partial charge in [-0.3, -0.25) is 9.98 Å². The third-order valence-corrected chi connectivity index (χ3v) is 6.11. The molecule has 0 radical (unpaired) electrons. The summed E-state index contributed by atoms with van der Waals surface area (Å²) in [6.45, 7) is 2.27. The number of hydrogen-bond donors (Lipinski definition) is 0. The lowest BCUT2D eigenvalue weighted by Gasteiger charge is -2.38. The van der Waals surface area contributed by atoms with Crippen LogP contribution in [0.15, 0.2) is 29.3 Å². The molecule has 2 bridgehead atoms. The fraction of sp³-hybridized carbons (Fsp3) is 0.565. The second-order valence-electron chi connectivity index (χ2n) is 7.84. The standard InChI is InChI=1S/C23H30N2/c1-2-3-4-5-6-9-16-24-23-19-10-7-8-11-20(19)25-22-18-14-12-17(13-15-18)21(22)23/h7-8,10-11,16-18H,2-6,9,12-15H2,1H3. The molecule has 1 fully saturated rings. The van der Waals surface area contributed by atoms with Crippen LogP contribution in [0.25, 0.3) is 10.9 Å². The van der Waals surface area contributed by atoms with Gasteiger partial charge in [0.05, 0.1) is 11.2 Å². The van der Waals surface area contributed by atoms with Crippen molar-refractivity contribution in [1.29, 1.82) is 0 Å². The molecule has 0 spiro atoms. The van der Waals surface area contributed by atoms with Crippen LogP contribution in [0.3, 0.4) is 0 Å². The quantitative estimate of drug-likeness (QED) is 0.393. The van der Waals surface area contributed by atoms with Gasteiger partial charge in [0.15, 0.2) is 0 Å². The summed E-state index contributed by atoms with van der Waals surface area (Å²) in [5, 5.41) is 1.25. The molecule has 2 aromatic rings. The molecular formula is C23H30N2. The van der Waals surface area contributed by atoms with E-state index in [0.29, 0.717) is 11.8 Å². The van der Waals surface area contributed by atoms with Crippen molar-refractivity contribution in [3.8, 4) is 0 Å². The molecule has 2 heteroatoms. The Balaban J connectivity index is 1.62. The molecule has 0 amide bonds. The number of benzene rings is 1. The van der Waals surface area contributed by atoms with Crippen LogP contribution in [0.5, 0.6) is 0 Å². The average Bonchev–Trinajstić information content (AvgIpc) is 2.67. The van der Waals surface area contributed by atoms with Crippen molar-refractivity contribution in [3.63, 3.8) is 0 Å². The van der Waals surface area contributed by atoms with Crippen LogP contribution in [0.2, 0.25) is 0 Å². The lowest BCUT2D eigenvalue weighted by Crippen LogP contribution is -2.23. The van der Waals surface area contributed by atoms with Gasteiger partial charge in [-0.25, -0.2) is 0 Å². The Morgan fingerprint density at radius 1 is 1.00 bits per heavy atom. The van der Waals surface area contributed by atoms with E-state index >= 15 is 0 Å². The minimum absolute atomic E-state index is 0.674. The van der Waals surface area contributed by atoms with E-state index in [1.807, 2.05) is 0 Å². The summed E-state index contributed by atoms with van der Waals surface area (Å²) < 4.78 is 0. The van der Waals surface area contributed by atoms with E-state index in [0.717, 1.165) is 11.9 Å². The highest BCUT2D eigenvalue weighted by atomic mass is 14.8. The smallest absolute Gasteiger partial charge is 0.0772 e. The van der Waals surface area contributed by atoms with Crippen LogP contribution in [0, 0.1) is 0 Å². The lowest BCUT2D eigenvalue weighted by molar-refractivity contribution is 0.352. The average molecular weight is 335 g/mol. The molecule has 5 rings (SSSR count). The normalized spacial score (nSPS) is 22.0. The first-order valence-electron chi connectivity index (χ1n) is 10.3. The van der Waals surface area contributed by atoms with E-state index in [9.17, 15) is 0 Å². The van der Waals surface area contributed by atoms with Crippen molar-refractivity contribution in [3.05, 3.63) is 35.5 Å². The number of hydrogen-bond acceptors (Lipinski definition) is 2. The first kappa shape index (κ1) is 16.8. The molecule has 3 aliphatic rings. The first-order valence-corrected chi connectivity index (χ1v) is 10.3. The highest BCUT2D eigenvalue weighted by molar-refractivity contribution is 5.94. The van der Waals surface area contributed by atoms with Gasteiger partial charge in [-0.1, -0.05) is 50.8 Å². The molecular weight excluding hydrogens is 304 g/mol. The summed E-state index contributed by atoms with van der Waals surface area (Å²) in [6, 6.07) is 8.59. The second kappa shape index (κ2) is 7.68. The highest BCUT2D eigenvalue weighted by Gasteiger charge is 2.36. The number of aromatic nitrogens is 1. The molecule has 0 atom stereocenters. The van der Waals surface area contributed by atoms with Gasteiger partial charge in [-0.2, -0.15) is 0 Å². The number of fused-ring (bicyclic) bond motifs is 3. The fourth-order valence-corrected chi connectivity index (χ4v) is 4.73. The van der Waals surface area contributed by atoms with Crippen molar-refractivity contribution >= 4 is 22.8 Å². The van der Waals surface area contributed by atoms with E-state index in [1.54, 1.807) is 0 Å². The molecule has 3 aliphatic carbocycles. The third kappa shape index (κ3) is 3.36.